The first-order valence-electron chi connectivity index (χ1n) is 6.60. The number of hydrogen-bond donors (Lipinski definition) is 2. The van der Waals surface area contributed by atoms with Crippen molar-refractivity contribution in [2.45, 2.75) is 26.1 Å². The van der Waals surface area contributed by atoms with Crippen LogP contribution in [0.2, 0.25) is 0 Å². The normalized spacial score (nSPS) is 12.6. The van der Waals surface area contributed by atoms with Crippen LogP contribution in [0.25, 0.3) is 0 Å². The van der Waals surface area contributed by atoms with Crippen LogP contribution in [0.4, 0.5) is 30.6 Å². The molecule has 0 aliphatic heterocycles. The number of aryl methyl sites for hydroxylation is 1. The average Bonchev–Trinajstić information content (AvgIpc) is 2.86. The summed E-state index contributed by atoms with van der Waals surface area (Å²) in [6.45, 7) is 3.37. The van der Waals surface area contributed by atoms with Crippen LogP contribution in [0.3, 0.4) is 0 Å². The number of nitriles is 1. The molecule has 0 aliphatic rings. The minimum atomic E-state index is -4.54. The van der Waals surface area contributed by atoms with Crippen LogP contribution < -0.4 is 10.6 Å². The molecular formula is C13H14F3N7. The Morgan fingerprint density at radius 3 is 2.65 bits per heavy atom. The third-order valence-corrected chi connectivity index (χ3v) is 3.08. The molecule has 0 amide bonds. The zero-order valence-electron chi connectivity index (χ0n) is 12.6. The smallest absolute Gasteiger partial charge is 0.372 e. The minimum absolute atomic E-state index is 0.00499. The molecule has 2 aromatic rings. The van der Waals surface area contributed by atoms with Crippen molar-refractivity contribution in [3.05, 3.63) is 23.7 Å². The van der Waals surface area contributed by atoms with Gasteiger partial charge in [-0.3, -0.25) is 4.68 Å². The third kappa shape index (κ3) is 3.50. The lowest BCUT2D eigenvalue weighted by Crippen LogP contribution is -2.12. The van der Waals surface area contributed by atoms with Gasteiger partial charge in [-0.05, 0) is 13.8 Å². The maximum absolute atomic E-state index is 12.8. The van der Waals surface area contributed by atoms with Crippen LogP contribution >= 0.6 is 0 Å². The number of anilines is 3. The number of halogens is 3. The second kappa shape index (κ2) is 6.12. The van der Waals surface area contributed by atoms with Crippen LogP contribution in [-0.4, -0.2) is 26.8 Å². The number of aromatic nitrogens is 4. The monoisotopic (exact) mass is 325 g/mol. The van der Waals surface area contributed by atoms with Gasteiger partial charge in [-0.2, -0.15) is 28.5 Å². The summed E-state index contributed by atoms with van der Waals surface area (Å²) in [6.07, 6.45) is -2.26. The van der Waals surface area contributed by atoms with Crippen molar-refractivity contribution in [2.75, 3.05) is 17.7 Å². The van der Waals surface area contributed by atoms with Gasteiger partial charge in [0.2, 0.25) is 5.95 Å². The molecule has 2 rings (SSSR count). The van der Waals surface area contributed by atoms with Gasteiger partial charge in [0.15, 0.2) is 0 Å². The van der Waals surface area contributed by atoms with Crippen LogP contribution in [0.5, 0.6) is 0 Å². The fourth-order valence-electron chi connectivity index (χ4n) is 1.82. The summed E-state index contributed by atoms with van der Waals surface area (Å²) in [6, 6.07) is 1.57. The van der Waals surface area contributed by atoms with E-state index in [1.54, 1.807) is 20.0 Å². The Balaban J connectivity index is 2.31. The van der Waals surface area contributed by atoms with Crippen LogP contribution in [0.15, 0.2) is 12.4 Å². The minimum Gasteiger partial charge on any atom is -0.372 e. The molecule has 0 aromatic carbocycles. The summed E-state index contributed by atoms with van der Waals surface area (Å²) in [7, 11) is 1.35. The van der Waals surface area contributed by atoms with Gasteiger partial charge >= 0.3 is 6.18 Å². The van der Waals surface area contributed by atoms with E-state index in [4.69, 9.17) is 5.26 Å². The fourth-order valence-corrected chi connectivity index (χ4v) is 1.82. The van der Waals surface area contributed by atoms with Gasteiger partial charge in [-0.15, -0.1) is 0 Å². The van der Waals surface area contributed by atoms with E-state index in [1.807, 2.05) is 6.07 Å². The summed E-state index contributed by atoms with van der Waals surface area (Å²) in [5.41, 5.74) is 0.131. The van der Waals surface area contributed by atoms with Crippen molar-refractivity contribution >= 4 is 17.5 Å². The molecular weight excluding hydrogens is 311 g/mol. The molecule has 1 atom stereocenters. The second-order valence-electron chi connectivity index (χ2n) is 4.74. The molecule has 0 aliphatic carbocycles. The van der Waals surface area contributed by atoms with E-state index in [0.717, 1.165) is 0 Å². The number of rotatable bonds is 4. The molecule has 0 bridgehead atoms. The Labute approximate surface area is 130 Å². The van der Waals surface area contributed by atoms with E-state index in [0.29, 0.717) is 17.6 Å². The van der Waals surface area contributed by atoms with Crippen molar-refractivity contribution < 1.29 is 13.2 Å². The lowest BCUT2D eigenvalue weighted by atomic mass is 10.3. The van der Waals surface area contributed by atoms with Gasteiger partial charge in [-0.25, -0.2) is 4.98 Å². The van der Waals surface area contributed by atoms with E-state index >= 15 is 0 Å². The first-order chi connectivity index (χ1) is 10.8. The summed E-state index contributed by atoms with van der Waals surface area (Å²) in [5.74, 6) is -0.333. The molecule has 10 heteroatoms. The number of hydrogen-bond acceptors (Lipinski definition) is 6. The molecule has 7 nitrogen and oxygen atoms in total. The highest BCUT2D eigenvalue weighted by Crippen LogP contribution is 2.33. The van der Waals surface area contributed by atoms with Gasteiger partial charge in [0, 0.05) is 13.2 Å². The molecule has 122 valence electrons. The van der Waals surface area contributed by atoms with E-state index in [2.05, 4.69) is 25.7 Å². The fraction of sp³-hybridized carbons (Fsp3) is 0.385. The first-order valence-corrected chi connectivity index (χ1v) is 6.60. The van der Waals surface area contributed by atoms with Crippen LogP contribution in [0, 0.1) is 18.3 Å². The maximum atomic E-state index is 12.8. The molecule has 0 saturated carbocycles. The molecule has 2 aromatic heterocycles. The molecule has 0 radical (unpaired) electrons. The van der Waals surface area contributed by atoms with Crippen LogP contribution in [0.1, 0.15) is 24.2 Å². The predicted octanol–water partition coefficient (Wildman–Crippen LogP) is 2.87. The van der Waals surface area contributed by atoms with Crippen molar-refractivity contribution in [2.24, 2.45) is 0 Å². The Bertz CT molecular complexity index is 745. The van der Waals surface area contributed by atoms with E-state index < -0.39 is 17.8 Å². The second-order valence-corrected chi connectivity index (χ2v) is 4.74. The third-order valence-electron chi connectivity index (χ3n) is 3.08. The van der Waals surface area contributed by atoms with Gasteiger partial charge in [-0.1, -0.05) is 0 Å². The number of nitrogens with zero attached hydrogens (tertiary/aromatic N) is 5. The Morgan fingerprint density at radius 1 is 1.39 bits per heavy atom. The zero-order chi connectivity index (χ0) is 17.2. The van der Waals surface area contributed by atoms with E-state index in [9.17, 15) is 13.2 Å². The van der Waals surface area contributed by atoms with E-state index in [1.165, 1.54) is 11.7 Å². The maximum Gasteiger partial charge on any atom is 0.421 e. The van der Waals surface area contributed by atoms with Crippen molar-refractivity contribution in [1.82, 2.24) is 19.7 Å². The molecule has 0 saturated heterocycles. The standard InChI is InChI=1S/C13H14F3N7/c1-7(4-17)23-6-10(8(2)22-23)20-12-19-5-9(13(14,15)16)11(18-3)21-12/h5-7H,1-3H3,(H2,18,19,20,21)/t7-/m0/s1. The summed E-state index contributed by atoms with van der Waals surface area (Å²) in [5, 5.41) is 18.2. The SMILES string of the molecule is CNc1nc(Nc2cn([C@@H](C)C#N)nc2C)ncc1C(F)(F)F. The average molecular weight is 325 g/mol. The molecule has 23 heavy (non-hydrogen) atoms. The number of nitrogens with one attached hydrogen (secondary N) is 2. The summed E-state index contributed by atoms with van der Waals surface area (Å²) >= 11 is 0. The van der Waals surface area contributed by atoms with Gasteiger partial charge in [0.1, 0.15) is 17.4 Å². The highest BCUT2D eigenvalue weighted by atomic mass is 19.4. The summed E-state index contributed by atoms with van der Waals surface area (Å²) < 4.78 is 39.9. The summed E-state index contributed by atoms with van der Waals surface area (Å²) in [4.78, 5) is 7.49. The van der Waals surface area contributed by atoms with Gasteiger partial charge in [0.05, 0.1) is 23.6 Å². The largest absolute Gasteiger partial charge is 0.421 e. The quantitative estimate of drug-likeness (QED) is 0.898. The molecule has 2 heterocycles. The Hall–Kier alpha value is -2.83. The van der Waals surface area contributed by atoms with E-state index in [-0.39, 0.29) is 11.8 Å². The Kier molecular flexibility index (Phi) is 4.40. The Morgan fingerprint density at radius 2 is 2.09 bits per heavy atom. The molecule has 2 N–H and O–H groups in total. The van der Waals surface area contributed by atoms with Crippen LogP contribution in [-0.2, 0) is 6.18 Å². The predicted molar refractivity (Wildman–Crippen MR) is 77.2 cm³/mol. The highest BCUT2D eigenvalue weighted by molar-refractivity contribution is 5.57. The van der Waals surface area contributed by atoms with Crippen molar-refractivity contribution in [3.8, 4) is 6.07 Å². The lowest BCUT2D eigenvalue weighted by Gasteiger charge is -2.12. The highest BCUT2D eigenvalue weighted by Gasteiger charge is 2.35. The van der Waals surface area contributed by atoms with Gasteiger partial charge in [0.25, 0.3) is 0 Å². The van der Waals surface area contributed by atoms with Crippen molar-refractivity contribution in [1.29, 1.82) is 5.26 Å². The topological polar surface area (TPSA) is 91.5 Å². The molecule has 0 fully saturated rings. The molecule has 0 spiro atoms. The van der Waals surface area contributed by atoms with Crippen molar-refractivity contribution in [3.63, 3.8) is 0 Å². The first kappa shape index (κ1) is 16.5. The number of alkyl halides is 3. The lowest BCUT2D eigenvalue weighted by molar-refractivity contribution is -0.137. The molecule has 0 unspecified atom stereocenters. The van der Waals surface area contributed by atoms with Gasteiger partial charge < -0.3 is 10.6 Å². The zero-order valence-corrected chi connectivity index (χ0v) is 12.6.